The van der Waals surface area contributed by atoms with E-state index in [2.05, 4.69) is 10.1 Å². The maximum Gasteiger partial charge on any atom is 0.356 e. The van der Waals surface area contributed by atoms with Crippen molar-refractivity contribution in [2.45, 2.75) is 19.3 Å². The Bertz CT molecular complexity index is 617. The molecule has 6 nitrogen and oxygen atoms in total. The van der Waals surface area contributed by atoms with Crippen LogP contribution in [-0.4, -0.2) is 40.9 Å². The number of hydrogen-bond donors (Lipinski definition) is 0. The number of nitrogens with zero attached hydrogens (tertiary/aromatic N) is 3. The Hall–Kier alpha value is -1.95. The highest BCUT2D eigenvalue weighted by atomic mass is 16.5. The van der Waals surface area contributed by atoms with Crippen molar-refractivity contribution in [1.82, 2.24) is 14.6 Å². The first kappa shape index (κ1) is 13.1. The predicted octanol–water partition coefficient (Wildman–Crippen LogP) is 1.48. The van der Waals surface area contributed by atoms with Crippen molar-refractivity contribution in [3.63, 3.8) is 0 Å². The maximum atomic E-state index is 11.7. The minimum absolute atomic E-state index is 0.399. The summed E-state index contributed by atoms with van der Waals surface area (Å²) in [6, 6.07) is 5.31. The summed E-state index contributed by atoms with van der Waals surface area (Å²) in [4.78, 5) is 16.2. The van der Waals surface area contributed by atoms with Crippen LogP contribution in [0.5, 0.6) is 0 Å². The van der Waals surface area contributed by atoms with Gasteiger partial charge in [0.2, 0.25) is 0 Å². The van der Waals surface area contributed by atoms with Gasteiger partial charge in [-0.3, -0.25) is 0 Å². The summed E-state index contributed by atoms with van der Waals surface area (Å²) in [5.74, 6) is 0.925. The van der Waals surface area contributed by atoms with Crippen LogP contribution in [0.25, 0.3) is 5.65 Å². The second-order valence-corrected chi connectivity index (χ2v) is 4.96. The number of esters is 1. The number of carbonyl (C=O) groups is 1. The van der Waals surface area contributed by atoms with E-state index in [9.17, 15) is 4.79 Å². The molecule has 0 N–H and O–H groups in total. The van der Waals surface area contributed by atoms with Gasteiger partial charge in [-0.15, -0.1) is 0 Å². The number of rotatable bonds is 3. The van der Waals surface area contributed by atoms with Crippen molar-refractivity contribution in [3.8, 4) is 0 Å². The minimum Gasteiger partial charge on any atom is -0.464 e. The van der Waals surface area contributed by atoms with E-state index in [1.165, 1.54) is 7.11 Å². The molecule has 1 aliphatic heterocycles. The molecule has 6 heteroatoms. The Morgan fingerprint density at radius 3 is 3.00 bits per heavy atom. The number of carbonyl (C=O) groups excluding carboxylic acids is 1. The van der Waals surface area contributed by atoms with Gasteiger partial charge in [0.05, 0.1) is 7.11 Å². The summed E-state index contributed by atoms with van der Waals surface area (Å²) in [5.41, 5.74) is 1.07. The van der Waals surface area contributed by atoms with Gasteiger partial charge in [0.25, 0.3) is 0 Å². The van der Waals surface area contributed by atoms with Gasteiger partial charge < -0.3 is 9.47 Å². The fraction of sp³-hybridized carbons (Fsp3) is 0.500. The Morgan fingerprint density at radius 1 is 1.45 bits per heavy atom. The second kappa shape index (κ2) is 5.58. The zero-order chi connectivity index (χ0) is 13.9. The third-order valence-corrected chi connectivity index (χ3v) is 3.61. The average molecular weight is 275 g/mol. The van der Waals surface area contributed by atoms with Crippen molar-refractivity contribution in [3.05, 3.63) is 29.7 Å². The maximum absolute atomic E-state index is 11.7. The lowest BCUT2D eigenvalue weighted by molar-refractivity contribution is 0.0591. The number of aromatic nitrogens is 3. The van der Waals surface area contributed by atoms with Crippen LogP contribution in [0.2, 0.25) is 0 Å². The number of methoxy groups -OCH3 is 1. The highest BCUT2D eigenvalue weighted by Crippen LogP contribution is 2.19. The van der Waals surface area contributed by atoms with Gasteiger partial charge in [-0.1, -0.05) is 6.07 Å². The molecular formula is C14H17N3O3. The zero-order valence-corrected chi connectivity index (χ0v) is 11.4. The highest BCUT2D eigenvalue weighted by molar-refractivity contribution is 5.88. The van der Waals surface area contributed by atoms with E-state index in [1.807, 2.05) is 6.07 Å². The van der Waals surface area contributed by atoms with Crippen molar-refractivity contribution >= 4 is 11.6 Å². The Kier molecular flexibility index (Phi) is 3.64. The van der Waals surface area contributed by atoms with Gasteiger partial charge >= 0.3 is 5.97 Å². The molecule has 1 fully saturated rings. The van der Waals surface area contributed by atoms with E-state index in [-0.39, 0.29) is 0 Å². The molecule has 1 saturated heterocycles. The van der Waals surface area contributed by atoms with Crippen LogP contribution in [0.15, 0.2) is 18.2 Å². The largest absolute Gasteiger partial charge is 0.464 e. The molecule has 0 atom stereocenters. The SMILES string of the molecule is COC(=O)c1cccc2nc(CC3CCOCC3)nn12. The first-order valence-corrected chi connectivity index (χ1v) is 6.78. The molecule has 0 amide bonds. The van der Waals surface area contributed by atoms with E-state index in [0.717, 1.165) is 38.3 Å². The molecular weight excluding hydrogens is 258 g/mol. The molecule has 106 valence electrons. The highest BCUT2D eigenvalue weighted by Gasteiger charge is 2.18. The van der Waals surface area contributed by atoms with Crippen LogP contribution >= 0.6 is 0 Å². The molecule has 0 saturated carbocycles. The summed E-state index contributed by atoms with van der Waals surface area (Å²) in [5, 5.41) is 4.44. The number of hydrogen-bond acceptors (Lipinski definition) is 5. The lowest BCUT2D eigenvalue weighted by Crippen LogP contribution is -2.18. The van der Waals surface area contributed by atoms with Gasteiger partial charge in [0, 0.05) is 19.6 Å². The van der Waals surface area contributed by atoms with Crippen LogP contribution in [0.1, 0.15) is 29.2 Å². The van der Waals surface area contributed by atoms with E-state index in [0.29, 0.717) is 17.3 Å². The quantitative estimate of drug-likeness (QED) is 0.794. The fourth-order valence-electron chi connectivity index (χ4n) is 2.50. The molecule has 3 rings (SSSR count). The summed E-state index contributed by atoms with van der Waals surface area (Å²) >= 11 is 0. The molecule has 2 aromatic heterocycles. The molecule has 0 radical (unpaired) electrons. The first-order valence-electron chi connectivity index (χ1n) is 6.78. The van der Waals surface area contributed by atoms with Gasteiger partial charge in [-0.05, 0) is 30.9 Å². The monoisotopic (exact) mass is 275 g/mol. The molecule has 0 spiro atoms. The van der Waals surface area contributed by atoms with Crippen LogP contribution < -0.4 is 0 Å². The number of pyridine rings is 1. The number of fused-ring (bicyclic) bond motifs is 1. The van der Waals surface area contributed by atoms with Crippen molar-refractivity contribution in [2.24, 2.45) is 5.92 Å². The first-order chi connectivity index (χ1) is 9.78. The van der Waals surface area contributed by atoms with Gasteiger partial charge in [-0.2, -0.15) is 5.10 Å². The normalized spacial score (nSPS) is 16.4. The third-order valence-electron chi connectivity index (χ3n) is 3.61. The van der Waals surface area contributed by atoms with Gasteiger partial charge in [0.15, 0.2) is 17.2 Å². The molecule has 1 aliphatic rings. The summed E-state index contributed by atoms with van der Waals surface area (Å²) in [6.07, 6.45) is 2.91. The van der Waals surface area contributed by atoms with E-state index in [4.69, 9.17) is 9.47 Å². The summed E-state index contributed by atoms with van der Waals surface area (Å²) < 4.78 is 11.7. The lowest BCUT2D eigenvalue weighted by atomic mass is 9.96. The van der Waals surface area contributed by atoms with Crippen LogP contribution in [0.3, 0.4) is 0 Å². The molecule has 0 bridgehead atoms. The molecule has 0 aliphatic carbocycles. The van der Waals surface area contributed by atoms with Crippen LogP contribution in [0.4, 0.5) is 0 Å². The van der Waals surface area contributed by atoms with Crippen molar-refractivity contribution in [1.29, 1.82) is 0 Å². The minimum atomic E-state index is -0.405. The van der Waals surface area contributed by atoms with Crippen LogP contribution in [0, 0.1) is 5.92 Å². The smallest absolute Gasteiger partial charge is 0.356 e. The zero-order valence-electron chi connectivity index (χ0n) is 11.4. The van der Waals surface area contributed by atoms with Gasteiger partial charge in [-0.25, -0.2) is 14.3 Å². The van der Waals surface area contributed by atoms with E-state index < -0.39 is 5.97 Å². The number of ether oxygens (including phenoxy) is 2. The predicted molar refractivity (Wildman–Crippen MR) is 71.6 cm³/mol. The van der Waals surface area contributed by atoms with Crippen molar-refractivity contribution < 1.29 is 14.3 Å². The van der Waals surface area contributed by atoms with E-state index in [1.54, 1.807) is 16.6 Å². The molecule has 2 aromatic rings. The summed E-state index contributed by atoms with van der Waals surface area (Å²) in [7, 11) is 1.36. The van der Waals surface area contributed by atoms with Crippen molar-refractivity contribution in [2.75, 3.05) is 20.3 Å². The van der Waals surface area contributed by atoms with Gasteiger partial charge in [0.1, 0.15) is 0 Å². The third kappa shape index (κ3) is 2.51. The Labute approximate surface area is 116 Å². The van der Waals surface area contributed by atoms with E-state index >= 15 is 0 Å². The topological polar surface area (TPSA) is 65.7 Å². The fourth-order valence-corrected chi connectivity index (χ4v) is 2.50. The molecule has 20 heavy (non-hydrogen) atoms. The summed E-state index contributed by atoms with van der Waals surface area (Å²) in [6.45, 7) is 1.62. The average Bonchev–Trinajstić information content (AvgIpc) is 2.89. The Balaban J connectivity index is 1.88. The standard InChI is InChI=1S/C14H17N3O3/c1-19-14(18)11-3-2-4-13-15-12(16-17(11)13)9-10-5-7-20-8-6-10/h2-4,10H,5-9H2,1H3. The lowest BCUT2D eigenvalue weighted by Gasteiger charge is -2.20. The second-order valence-electron chi connectivity index (χ2n) is 4.96. The van der Waals surface area contributed by atoms with Crippen LogP contribution in [-0.2, 0) is 15.9 Å². The molecule has 3 heterocycles. The molecule has 0 aromatic carbocycles. The molecule has 0 unspecified atom stereocenters. The Morgan fingerprint density at radius 2 is 2.25 bits per heavy atom.